The van der Waals surface area contributed by atoms with E-state index in [0.29, 0.717) is 19.6 Å². The molecule has 1 aromatic carbocycles. The molecule has 0 atom stereocenters. The van der Waals surface area contributed by atoms with Crippen molar-refractivity contribution in [1.82, 2.24) is 14.5 Å². The molecule has 1 saturated heterocycles. The first-order valence-electron chi connectivity index (χ1n) is 9.61. The van der Waals surface area contributed by atoms with Gasteiger partial charge in [0.25, 0.3) is 5.91 Å². The van der Waals surface area contributed by atoms with E-state index in [0.717, 1.165) is 12.8 Å². The summed E-state index contributed by atoms with van der Waals surface area (Å²) in [6, 6.07) is 5.59. The molecule has 1 fully saturated rings. The Labute approximate surface area is 171 Å². The van der Waals surface area contributed by atoms with E-state index in [1.54, 1.807) is 13.8 Å². The molecule has 0 unspecified atom stereocenters. The first-order valence-corrected chi connectivity index (χ1v) is 11.1. The van der Waals surface area contributed by atoms with E-state index < -0.39 is 28.5 Å². The van der Waals surface area contributed by atoms with Crippen LogP contribution < -0.4 is 5.32 Å². The number of amides is 2. The highest BCUT2D eigenvalue weighted by Gasteiger charge is 2.28. The largest absolute Gasteiger partial charge is 0.452 e. The summed E-state index contributed by atoms with van der Waals surface area (Å²) >= 11 is 0. The Morgan fingerprint density at radius 2 is 1.86 bits per heavy atom. The number of carbonyl (C=O) groups is 3. The second kappa shape index (κ2) is 10.4. The second-order valence-electron chi connectivity index (χ2n) is 6.58. The Kier molecular flexibility index (Phi) is 8.15. The predicted molar refractivity (Wildman–Crippen MR) is 106 cm³/mol. The Hall–Kier alpha value is -2.46. The summed E-state index contributed by atoms with van der Waals surface area (Å²) in [7, 11) is -3.66. The predicted octanol–water partition coefficient (Wildman–Crippen LogP) is 0.613. The van der Waals surface area contributed by atoms with Crippen LogP contribution in [0.25, 0.3) is 0 Å². The lowest BCUT2D eigenvalue weighted by Gasteiger charge is -2.20. The highest BCUT2D eigenvalue weighted by Crippen LogP contribution is 2.21. The van der Waals surface area contributed by atoms with Crippen LogP contribution in [0.3, 0.4) is 0 Å². The first-order chi connectivity index (χ1) is 13.8. The molecule has 29 heavy (non-hydrogen) atoms. The average molecular weight is 426 g/mol. The van der Waals surface area contributed by atoms with Gasteiger partial charge in [0.15, 0.2) is 6.61 Å². The Bertz CT molecular complexity index is 849. The van der Waals surface area contributed by atoms with Crippen molar-refractivity contribution in [2.45, 2.75) is 31.6 Å². The van der Waals surface area contributed by atoms with Crippen molar-refractivity contribution in [3.63, 3.8) is 0 Å². The van der Waals surface area contributed by atoms with Gasteiger partial charge in [0.05, 0.1) is 17.0 Å². The van der Waals surface area contributed by atoms with Crippen LogP contribution in [0.1, 0.15) is 37.0 Å². The molecule has 0 bridgehead atoms. The number of benzene rings is 1. The van der Waals surface area contributed by atoms with Crippen LogP contribution >= 0.6 is 0 Å². The third-order valence-electron chi connectivity index (χ3n) is 4.54. The standard InChI is InChI=1S/C19H27N3O6S/c1-3-20-17(23)13-21(4-2)18(24)14-28-19(25)15-8-7-9-16(12-15)29(26,27)22-10-5-6-11-22/h7-9,12H,3-6,10-11,13-14H2,1-2H3,(H,20,23). The molecule has 1 aromatic rings. The topological polar surface area (TPSA) is 113 Å². The number of nitrogens with one attached hydrogen (secondary N) is 1. The SMILES string of the molecule is CCNC(=O)CN(CC)C(=O)COC(=O)c1cccc(S(=O)(=O)N2CCCC2)c1. The number of carbonyl (C=O) groups excluding carboxylic acids is 3. The number of hydrogen-bond acceptors (Lipinski definition) is 6. The van der Waals surface area contributed by atoms with Crippen LogP contribution in [0.2, 0.25) is 0 Å². The molecule has 160 valence electrons. The Balaban J connectivity index is 2.00. The van der Waals surface area contributed by atoms with Crippen molar-refractivity contribution in [2.24, 2.45) is 0 Å². The van der Waals surface area contributed by atoms with Gasteiger partial charge in [-0.1, -0.05) is 6.07 Å². The summed E-state index contributed by atoms with van der Waals surface area (Å²) < 4.78 is 31.7. The molecule has 1 aliphatic rings. The lowest BCUT2D eigenvalue weighted by molar-refractivity contribution is -0.138. The molecule has 9 nitrogen and oxygen atoms in total. The summed E-state index contributed by atoms with van der Waals surface area (Å²) in [5, 5.41) is 2.60. The maximum absolute atomic E-state index is 12.6. The van der Waals surface area contributed by atoms with E-state index in [4.69, 9.17) is 4.74 Å². The van der Waals surface area contributed by atoms with Crippen molar-refractivity contribution >= 4 is 27.8 Å². The summed E-state index contributed by atoms with van der Waals surface area (Å²) in [5.41, 5.74) is 0.0462. The second-order valence-corrected chi connectivity index (χ2v) is 8.51. The fourth-order valence-corrected chi connectivity index (χ4v) is 4.53. The normalized spacial score (nSPS) is 14.4. The van der Waals surface area contributed by atoms with Gasteiger partial charge < -0.3 is 15.0 Å². The number of rotatable bonds is 9. The first kappa shape index (κ1) is 22.8. The Morgan fingerprint density at radius 3 is 2.48 bits per heavy atom. The zero-order valence-corrected chi connectivity index (χ0v) is 17.5. The van der Waals surface area contributed by atoms with E-state index >= 15 is 0 Å². The summed E-state index contributed by atoms with van der Waals surface area (Å²) in [5.74, 6) is -1.60. The molecule has 0 saturated carbocycles. The molecule has 10 heteroatoms. The van der Waals surface area contributed by atoms with Crippen molar-refractivity contribution in [3.05, 3.63) is 29.8 Å². The van der Waals surface area contributed by atoms with Crippen LogP contribution in [0.5, 0.6) is 0 Å². The van der Waals surface area contributed by atoms with Crippen LogP contribution in [-0.2, 0) is 24.3 Å². The fourth-order valence-electron chi connectivity index (χ4n) is 2.97. The molecule has 0 spiro atoms. The van der Waals surface area contributed by atoms with E-state index in [2.05, 4.69) is 5.32 Å². The van der Waals surface area contributed by atoms with Gasteiger partial charge in [0.1, 0.15) is 0 Å². The van der Waals surface area contributed by atoms with Gasteiger partial charge in [-0.3, -0.25) is 9.59 Å². The molecular formula is C19H27N3O6S. The number of sulfonamides is 1. The summed E-state index contributed by atoms with van der Waals surface area (Å²) in [6.45, 7) is 4.50. The zero-order chi connectivity index (χ0) is 21.4. The fraction of sp³-hybridized carbons (Fsp3) is 0.526. The van der Waals surface area contributed by atoms with Crippen molar-refractivity contribution < 1.29 is 27.5 Å². The van der Waals surface area contributed by atoms with Gasteiger partial charge >= 0.3 is 5.97 Å². The number of ether oxygens (including phenoxy) is 1. The highest BCUT2D eigenvalue weighted by atomic mass is 32.2. The Morgan fingerprint density at radius 1 is 1.17 bits per heavy atom. The molecule has 1 N–H and O–H groups in total. The van der Waals surface area contributed by atoms with E-state index in [1.807, 2.05) is 0 Å². The third kappa shape index (κ3) is 6.01. The number of hydrogen-bond donors (Lipinski definition) is 1. The zero-order valence-electron chi connectivity index (χ0n) is 16.7. The van der Waals surface area contributed by atoms with E-state index in [-0.39, 0.29) is 29.5 Å². The number of nitrogens with zero attached hydrogens (tertiary/aromatic N) is 2. The van der Waals surface area contributed by atoms with Crippen LogP contribution in [0, 0.1) is 0 Å². The maximum Gasteiger partial charge on any atom is 0.338 e. The monoisotopic (exact) mass is 425 g/mol. The van der Waals surface area contributed by atoms with Crippen LogP contribution in [0.15, 0.2) is 29.2 Å². The maximum atomic E-state index is 12.6. The minimum absolute atomic E-state index is 0.0200. The molecule has 2 amide bonds. The lowest BCUT2D eigenvalue weighted by Crippen LogP contribution is -2.42. The summed E-state index contributed by atoms with van der Waals surface area (Å²) in [6.07, 6.45) is 1.63. The average Bonchev–Trinajstić information content (AvgIpc) is 3.26. The molecule has 0 aliphatic carbocycles. The molecule has 1 aliphatic heterocycles. The van der Waals surface area contributed by atoms with Gasteiger partial charge in [0, 0.05) is 26.2 Å². The summed E-state index contributed by atoms with van der Waals surface area (Å²) in [4.78, 5) is 37.5. The lowest BCUT2D eigenvalue weighted by atomic mass is 10.2. The molecule has 0 radical (unpaired) electrons. The number of likely N-dealkylation sites (N-methyl/N-ethyl adjacent to an activating group) is 2. The van der Waals surface area contributed by atoms with Crippen molar-refractivity contribution in [1.29, 1.82) is 0 Å². The molecule has 0 aromatic heterocycles. The van der Waals surface area contributed by atoms with Gasteiger partial charge in [-0.2, -0.15) is 4.31 Å². The van der Waals surface area contributed by atoms with Gasteiger partial charge in [0.2, 0.25) is 15.9 Å². The van der Waals surface area contributed by atoms with Crippen molar-refractivity contribution in [2.75, 3.05) is 39.3 Å². The highest BCUT2D eigenvalue weighted by molar-refractivity contribution is 7.89. The van der Waals surface area contributed by atoms with Gasteiger partial charge in [-0.15, -0.1) is 0 Å². The minimum Gasteiger partial charge on any atom is -0.452 e. The molecule has 1 heterocycles. The minimum atomic E-state index is -3.66. The van der Waals surface area contributed by atoms with Crippen molar-refractivity contribution in [3.8, 4) is 0 Å². The third-order valence-corrected chi connectivity index (χ3v) is 6.44. The van der Waals surface area contributed by atoms with Gasteiger partial charge in [-0.05, 0) is 44.9 Å². The van der Waals surface area contributed by atoms with Crippen LogP contribution in [0.4, 0.5) is 0 Å². The number of esters is 1. The van der Waals surface area contributed by atoms with E-state index in [1.165, 1.54) is 33.5 Å². The smallest absolute Gasteiger partial charge is 0.338 e. The van der Waals surface area contributed by atoms with E-state index in [9.17, 15) is 22.8 Å². The van der Waals surface area contributed by atoms with Gasteiger partial charge in [-0.25, -0.2) is 13.2 Å². The quantitative estimate of drug-likeness (QED) is 0.580. The molecule has 2 rings (SSSR count). The molecular weight excluding hydrogens is 398 g/mol. The van der Waals surface area contributed by atoms with Crippen LogP contribution in [-0.4, -0.2) is 74.7 Å².